The van der Waals surface area contributed by atoms with Gasteiger partial charge >= 0.3 is 11.7 Å². The molecule has 0 bridgehead atoms. The molecule has 0 N–H and O–H groups in total. The fourth-order valence-corrected chi connectivity index (χ4v) is 4.00. The van der Waals surface area contributed by atoms with Crippen LogP contribution in [0.25, 0.3) is 28.0 Å². The van der Waals surface area contributed by atoms with Gasteiger partial charge in [-0.05, 0) is 63.6 Å². The van der Waals surface area contributed by atoms with E-state index in [4.69, 9.17) is 9.15 Å². The smallest absolute Gasteiger partial charge is 0.410 e. The van der Waals surface area contributed by atoms with Gasteiger partial charge in [0, 0.05) is 44.0 Å². The van der Waals surface area contributed by atoms with Crippen LogP contribution in [0.4, 0.5) is 10.6 Å². The number of ether oxygens (including phenoxy) is 1. The van der Waals surface area contributed by atoms with Crippen molar-refractivity contribution in [2.45, 2.75) is 33.3 Å². The van der Waals surface area contributed by atoms with Gasteiger partial charge < -0.3 is 23.4 Å². The summed E-state index contributed by atoms with van der Waals surface area (Å²) >= 11 is 0. The first-order valence-electron chi connectivity index (χ1n) is 11.3. The second-order valence-corrected chi connectivity index (χ2v) is 9.56. The third-order valence-electron chi connectivity index (χ3n) is 5.73. The highest BCUT2D eigenvalue weighted by atomic mass is 16.6. The number of rotatable bonds is 2. The zero-order valence-electron chi connectivity index (χ0n) is 19.7. The quantitative estimate of drug-likeness (QED) is 0.447. The lowest BCUT2D eigenvalue weighted by Crippen LogP contribution is -2.50. The number of aryl methyl sites for hydroxylation is 1. The van der Waals surface area contributed by atoms with Crippen LogP contribution in [0.3, 0.4) is 0 Å². The Kier molecular flexibility index (Phi) is 5.27. The van der Waals surface area contributed by atoms with Crippen molar-refractivity contribution < 1.29 is 13.9 Å². The summed E-state index contributed by atoms with van der Waals surface area (Å²) in [4.78, 5) is 38.0. The average molecular weight is 462 g/mol. The Balaban J connectivity index is 1.36. The van der Waals surface area contributed by atoms with Crippen LogP contribution in [0.2, 0.25) is 0 Å². The standard InChI is InChI=1S/C25H27N5O4/c1-16-7-8-30-15-19(26-21(30)13-16)18-14-17-5-6-20(27-22(17)33-23(18)31)28-9-11-29(12-10-28)24(32)34-25(2,3)4/h5-8,13-15H,9-12H2,1-4H3. The minimum Gasteiger partial charge on any atom is -0.444 e. The van der Waals surface area contributed by atoms with Gasteiger partial charge in [-0.25, -0.2) is 14.6 Å². The van der Waals surface area contributed by atoms with Gasteiger partial charge in [-0.15, -0.1) is 0 Å². The number of hydrogen-bond donors (Lipinski definition) is 0. The van der Waals surface area contributed by atoms with E-state index in [0.29, 0.717) is 43.3 Å². The molecule has 0 atom stereocenters. The van der Waals surface area contributed by atoms with Crippen molar-refractivity contribution in [3.8, 4) is 11.3 Å². The summed E-state index contributed by atoms with van der Waals surface area (Å²) in [6.07, 6.45) is 3.43. The van der Waals surface area contributed by atoms with Crippen molar-refractivity contribution in [3.63, 3.8) is 0 Å². The summed E-state index contributed by atoms with van der Waals surface area (Å²) in [7, 11) is 0. The highest BCUT2D eigenvalue weighted by Gasteiger charge is 2.26. The first kappa shape index (κ1) is 21.9. The maximum absolute atomic E-state index is 12.8. The number of amides is 1. The Morgan fingerprint density at radius 3 is 2.56 bits per heavy atom. The highest BCUT2D eigenvalue weighted by Crippen LogP contribution is 2.24. The highest BCUT2D eigenvalue weighted by molar-refractivity contribution is 5.80. The zero-order valence-corrected chi connectivity index (χ0v) is 19.7. The number of aromatic nitrogens is 3. The molecule has 5 rings (SSSR count). The number of nitrogens with zero attached hydrogens (tertiary/aromatic N) is 5. The number of carbonyl (C=O) groups excluding carboxylic acids is 1. The summed E-state index contributed by atoms with van der Waals surface area (Å²) in [5, 5.41) is 0.721. The van der Waals surface area contributed by atoms with Crippen molar-refractivity contribution in [2.24, 2.45) is 0 Å². The third-order valence-corrected chi connectivity index (χ3v) is 5.73. The molecule has 176 valence electrons. The summed E-state index contributed by atoms with van der Waals surface area (Å²) < 4.78 is 12.9. The molecule has 1 aliphatic rings. The monoisotopic (exact) mass is 461 g/mol. The lowest BCUT2D eigenvalue weighted by Gasteiger charge is -2.36. The van der Waals surface area contributed by atoms with E-state index < -0.39 is 11.2 Å². The van der Waals surface area contributed by atoms with Gasteiger partial charge in [0.05, 0.1) is 11.3 Å². The van der Waals surface area contributed by atoms with Crippen LogP contribution in [0, 0.1) is 6.92 Å². The molecule has 0 unspecified atom stereocenters. The molecular weight excluding hydrogens is 434 g/mol. The molecule has 1 fully saturated rings. The minimum absolute atomic E-state index is 0.278. The normalized spacial score (nSPS) is 14.7. The molecule has 5 heterocycles. The lowest BCUT2D eigenvalue weighted by atomic mass is 10.2. The van der Waals surface area contributed by atoms with Gasteiger partial charge in [0.2, 0.25) is 5.71 Å². The molecule has 0 saturated carbocycles. The molecule has 9 heteroatoms. The molecule has 34 heavy (non-hydrogen) atoms. The van der Waals surface area contributed by atoms with Crippen LogP contribution in [0.15, 0.2) is 51.9 Å². The topological polar surface area (TPSA) is 93.2 Å². The van der Waals surface area contributed by atoms with E-state index in [0.717, 1.165) is 16.6 Å². The third kappa shape index (κ3) is 4.33. The molecule has 0 aromatic carbocycles. The number of anilines is 1. The molecule has 0 aliphatic carbocycles. The van der Waals surface area contributed by atoms with Gasteiger partial charge in [0.25, 0.3) is 0 Å². The molecule has 0 radical (unpaired) electrons. The van der Waals surface area contributed by atoms with E-state index in [1.165, 1.54) is 0 Å². The molecule has 9 nitrogen and oxygen atoms in total. The van der Waals surface area contributed by atoms with E-state index >= 15 is 0 Å². The number of imidazole rings is 1. The first-order valence-corrected chi connectivity index (χ1v) is 11.3. The van der Waals surface area contributed by atoms with E-state index in [2.05, 4.69) is 14.9 Å². The Morgan fingerprint density at radius 1 is 1.06 bits per heavy atom. The summed E-state index contributed by atoms with van der Waals surface area (Å²) in [5.74, 6) is 0.704. The van der Waals surface area contributed by atoms with Gasteiger partial charge in [0.15, 0.2) is 0 Å². The Labute approximate surface area is 196 Å². The van der Waals surface area contributed by atoms with E-state index in [1.807, 2.05) is 68.8 Å². The van der Waals surface area contributed by atoms with Crippen molar-refractivity contribution in [3.05, 3.63) is 58.7 Å². The Hall–Kier alpha value is -3.88. The molecule has 0 spiro atoms. The van der Waals surface area contributed by atoms with Crippen molar-refractivity contribution in [1.29, 1.82) is 0 Å². The number of fused-ring (bicyclic) bond motifs is 2. The van der Waals surface area contributed by atoms with Crippen molar-refractivity contribution in [1.82, 2.24) is 19.3 Å². The molecule has 1 saturated heterocycles. The average Bonchev–Trinajstić information content (AvgIpc) is 3.20. The predicted octanol–water partition coefficient (Wildman–Crippen LogP) is 3.87. The van der Waals surface area contributed by atoms with Crippen molar-refractivity contribution in [2.75, 3.05) is 31.1 Å². The molecule has 4 aromatic heterocycles. The van der Waals surface area contributed by atoms with Crippen LogP contribution < -0.4 is 10.5 Å². The maximum atomic E-state index is 12.8. The molecular formula is C25H27N5O4. The second kappa shape index (κ2) is 8.16. The largest absolute Gasteiger partial charge is 0.444 e. The van der Waals surface area contributed by atoms with E-state index in [9.17, 15) is 9.59 Å². The van der Waals surface area contributed by atoms with Gasteiger partial charge in [-0.3, -0.25) is 0 Å². The first-order chi connectivity index (χ1) is 16.2. The van der Waals surface area contributed by atoms with Gasteiger partial charge in [-0.1, -0.05) is 0 Å². The van der Waals surface area contributed by atoms with Crippen LogP contribution in [0.1, 0.15) is 26.3 Å². The van der Waals surface area contributed by atoms with E-state index in [-0.39, 0.29) is 11.8 Å². The fraction of sp³-hybridized carbons (Fsp3) is 0.360. The number of carbonyl (C=O) groups is 1. The van der Waals surface area contributed by atoms with Crippen LogP contribution in [-0.2, 0) is 4.74 Å². The summed E-state index contributed by atoms with van der Waals surface area (Å²) in [6, 6.07) is 9.52. The van der Waals surface area contributed by atoms with Gasteiger partial charge in [-0.2, -0.15) is 4.98 Å². The number of hydrogen-bond acceptors (Lipinski definition) is 7. The maximum Gasteiger partial charge on any atom is 0.410 e. The minimum atomic E-state index is -0.521. The SMILES string of the molecule is Cc1ccn2cc(-c3cc4ccc(N5CCN(C(=O)OC(C)(C)C)CC5)nc4oc3=O)nc2c1. The van der Waals surface area contributed by atoms with Gasteiger partial charge in [0.1, 0.15) is 17.1 Å². The molecule has 1 aliphatic heterocycles. The van der Waals surface area contributed by atoms with Crippen LogP contribution in [-0.4, -0.2) is 57.1 Å². The lowest BCUT2D eigenvalue weighted by molar-refractivity contribution is 0.0240. The second-order valence-electron chi connectivity index (χ2n) is 9.56. The molecule has 4 aromatic rings. The zero-order chi connectivity index (χ0) is 24.0. The summed E-state index contributed by atoms with van der Waals surface area (Å²) in [5.41, 5.74) is 2.10. The summed E-state index contributed by atoms with van der Waals surface area (Å²) in [6.45, 7) is 9.86. The number of piperazine rings is 1. The van der Waals surface area contributed by atoms with Crippen molar-refractivity contribution >= 4 is 28.7 Å². The Morgan fingerprint density at radius 2 is 1.82 bits per heavy atom. The fourth-order valence-electron chi connectivity index (χ4n) is 4.00. The molecule has 1 amide bonds. The predicted molar refractivity (Wildman–Crippen MR) is 129 cm³/mol. The van der Waals surface area contributed by atoms with Crippen LogP contribution in [0.5, 0.6) is 0 Å². The van der Waals surface area contributed by atoms with E-state index in [1.54, 1.807) is 11.0 Å². The Bertz CT molecular complexity index is 1440. The number of pyridine rings is 2. The van der Waals surface area contributed by atoms with Crippen LogP contribution >= 0.6 is 0 Å².